The standard InChI is InChI=1S/C5H6O3/c1-3-8-5(7)4(2)6/h3H,1H2,2H3/i1D2,3D. The number of carbonyl (C=O) groups is 2. The maximum atomic E-state index is 10.4. The molecular weight excluding hydrogens is 108 g/mol. The van der Waals surface area contributed by atoms with Crippen molar-refractivity contribution >= 4 is 11.8 Å². The van der Waals surface area contributed by atoms with Crippen molar-refractivity contribution < 1.29 is 18.4 Å². The van der Waals surface area contributed by atoms with Crippen LogP contribution in [0, 0.1) is 0 Å². The number of esters is 1. The van der Waals surface area contributed by atoms with Crippen molar-refractivity contribution in [3.63, 3.8) is 0 Å². The third-order valence-electron chi connectivity index (χ3n) is 0.431. The molecule has 0 fully saturated rings. The highest BCUT2D eigenvalue weighted by Gasteiger charge is 2.04. The van der Waals surface area contributed by atoms with Gasteiger partial charge in [-0.1, -0.05) is 6.53 Å². The van der Waals surface area contributed by atoms with Crippen LogP contribution in [0.4, 0.5) is 0 Å². The number of ketones is 1. The first-order valence-corrected chi connectivity index (χ1v) is 1.82. The summed E-state index contributed by atoms with van der Waals surface area (Å²) >= 11 is 0. The number of carbonyl (C=O) groups excluding carboxylic acids is 2. The van der Waals surface area contributed by atoms with E-state index in [-0.39, 0.29) is 0 Å². The number of Topliss-reactive ketones (excluding diaryl/α,β-unsaturated/α-hetero) is 1. The molecule has 0 N–H and O–H groups in total. The van der Waals surface area contributed by atoms with Crippen LogP contribution in [0.5, 0.6) is 0 Å². The van der Waals surface area contributed by atoms with Crippen LogP contribution in [0.3, 0.4) is 0 Å². The lowest BCUT2D eigenvalue weighted by molar-refractivity contribution is -0.148. The average Bonchev–Trinajstić information content (AvgIpc) is 1.87. The van der Waals surface area contributed by atoms with Crippen LogP contribution in [0.25, 0.3) is 0 Å². The van der Waals surface area contributed by atoms with Crippen molar-refractivity contribution in [3.8, 4) is 0 Å². The Morgan fingerprint density at radius 2 is 2.62 bits per heavy atom. The van der Waals surface area contributed by atoms with Gasteiger partial charge in [-0.3, -0.25) is 4.79 Å². The topological polar surface area (TPSA) is 43.4 Å². The zero-order valence-electron chi connectivity index (χ0n) is 7.22. The van der Waals surface area contributed by atoms with Crippen LogP contribution in [-0.2, 0) is 14.3 Å². The summed E-state index contributed by atoms with van der Waals surface area (Å²) in [5.41, 5.74) is 0. The lowest BCUT2D eigenvalue weighted by Gasteiger charge is -1.88. The highest BCUT2D eigenvalue weighted by atomic mass is 16.5. The fraction of sp³-hybridized carbons (Fsp3) is 0.200. The molecule has 0 aliphatic heterocycles. The minimum absolute atomic E-state index is 0.865. The molecular formula is C5H6O3. The van der Waals surface area contributed by atoms with Gasteiger partial charge in [0.2, 0.25) is 5.78 Å². The lowest BCUT2D eigenvalue weighted by atomic mass is 10.5. The van der Waals surface area contributed by atoms with Gasteiger partial charge >= 0.3 is 5.97 Å². The van der Waals surface area contributed by atoms with Gasteiger partial charge in [-0.15, -0.1) is 0 Å². The van der Waals surface area contributed by atoms with Crippen molar-refractivity contribution in [1.82, 2.24) is 0 Å². The Morgan fingerprint density at radius 1 is 2.00 bits per heavy atom. The molecule has 0 aliphatic carbocycles. The molecule has 0 saturated carbocycles. The van der Waals surface area contributed by atoms with Gasteiger partial charge in [-0.25, -0.2) is 4.79 Å². The molecule has 0 aromatic carbocycles. The summed E-state index contributed by atoms with van der Waals surface area (Å²) in [7, 11) is 0. The molecule has 0 bridgehead atoms. The van der Waals surface area contributed by atoms with Gasteiger partial charge in [0.05, 0.1) is 8.98 Å². The molecule has 0 heterocycles. The Labute approximate surface area is 51.2 Å². The van der Waals surface area contributed by atoms with Gasteiger partial charge in [-0.2, -0.15) is 0 Å². The molecule has 3 nitrogen and oxygen atoms in total. The van der Waals surface area contributed by atoms with E-state index in [0.717, 1.165) is 6.92 Å². The van der Waals surface area contributed by atoms with E-state index in [2.05, 4.69) is 4.74 Å². The summed E-state index contributed by atoms with van der Waals surface area (Å²) < 4.78 is 23.6. The van der Waals surface area contributed by atoms with Crippen molar-refractivity contribution in [2.45, 2.75) is 6.92 Å². The Hall–Kier alpha value is -1.12. The quantitative estimate of drug-likeness (QED) is 0.296. The maximum Gasteiger partial charge on any atom is 0.379 e. The fourth-order valence-corrected chi connectivity index (χ4v) is 0.118. The minimum Gasteiger partial charge on any atom is -0.429 e. The summed E-state index contributed by atoms with van der Waals surface area (Å²) in [4.78, 5) is 20.6. The van der Waals surface area contributed by atoms with Crippen LogP contribution in [0.15, 0.2) is 12.8 Å². The molecule has 0 aromatic rings. The first-order chi connectivity index (χ1) is 4.95. The highest BCUT2D eigenvalue weighted by Crippen LogP contribution is 1.77. The number of hydrogen-bond acceptors (Lipinski definition) is 3. The summed E-state index contributed by atoms with van der Waals surface area (Å²) in [6, 6.07) is 0. The highest BCUT2D eigenvalue weighted by molar-refractivity contribution is 6.32. The second-order valence-corrected chi connectivity index (χ2v) is 1.05. The molecule has 0 unspecified atom stereocenters. The Bertz CT molecular complexity index is 217. The second-order valence-electron chi connectivity index (χ2n) is 1.05. The molecule has 0 spiro atoms. The summed E-state index contributed by atoms with van der Waals surface area (Å²) in [6.07, 6.45) is -0.926. The lowest BCUT2D eigenvalue weighted by Crippen LogP contribution is -2.09. The molecule has 0 atom stereocenters. The molecule has 0 saturated heterocycles. The van der Waals surface area contributed by atoms with E-state index in [4.69, 9.17) is 4.11 Å². The van der Waals surface area contributed by atoms with E-state index >= 15 is 0 Å². The van der Waals surface area contributed by atoms with Gasteiger partial charge in [0, 0.05) is 6.92 Å². The molecule has 0 aromatic heterocycles. The second kappa shape index (κ2) is 2.96. The average molecular weight is 117 g/mol. The smallest absolute Gasteiger partial charge is 0.379 e. The van der Waals surface area contributed by atoms with Gasteiger partial charge in [-0.05, 0) is 0 Å². The normalized spacial score (nSPS) is 12.4. The monoisotopic (exact) mass is 117 g/mol. The maximum absolute atomic E-state index is 10.4. The summed E-state index contributed by atoms with van der Waals surface area (Å²) in [6.45, 7) is 0.0306. The van der Waals surface area contributed by atoms with Gasteiger partial charge in [0.15, 0.2) is 0 Å². The van der Waals surface area contributed by atoms with Crippen LogP contribution in [-0.4, -0.2) is 11.8 Å². The number of hydrogen-bond donors (Lipinski definition) is 0. The van der Waals surface area contributed by atoms with Crippen LogP contribution < -0.4 is 0 Å². The van der Waals surface area contributed by atoms with E-state index in [1.165, 1.54) is 0 Å². The molecule has 0 rings (SSSR count). The van der Waals surface area contributed by atoms with Crippen molar-refractivity contribution in [3.05, 3.63) is 12.8 Å². The predicted octanol–water partition coefficient (Wildman–Crippen LogP) is 0.262. The van der Waals surface area contributed by atoms with Crippen molar-refractivity contribution in [1.29, 1.82) is 0 Å². The van der Waals surface area contributed by atoms with E-state index in [1.807, 2.05) is 0 Å². The first-order valence-electron chi connectivity index (χ1n) is 3.32. The van der Waals surface area contributed by atoms with E-state index < -0.39 is 24.5 Å². The van der Waals surface area contributed by atoms with Crippen LogP contribution in [0.1, 0.15) is 11.0 Å². The molecule has 0 aliphatic rings. The predicted molar refractivity (Wildman–Crippen MR) is 27.0 cm³/mol. The Kier molecular flexibility index (Phi) is 1.12. The zero-order chi connectivity index (χ0) is 9.02. The molecule has 8 heavy (non-hydrogen) atoms. The third kappa shape index (κ3) is 2.12. The van der Waals surface area contributed by atoms with Crippen molar-refractivity contribution in [2.75, 3.05) is 0 Å². The number of rotatable bonds is 2. The number of ether oxygens (including phenoxy) is 1. The van der Waals surface area contributed by atoms with Gasteiger partial charge in [0.1, 0.15) is 1.37 Å². The van der Waals surface area contributed by atoms with Gasteiger partial charge in [0.25, 0.3) is 0 Å². The molecule has 3 heteroatoms. The third-order valence-corrected chi connectivity index (χ3v) is 0.431. The van der Waals surface area contributed by atoms with Gasteiger partial charge < -0.3 is 4.74 Å². The van der Waals surface area contributed by atoms with E-state index in [1.54, 1.807) is 0 Å². The summed E-state index contributed by atoms with van der Waals surface area (Å²) in [5, 5.41) is 0. The molecule has 0 radical (unpaired) electrons. The summed E-state index contributed by atoms with van der Waals surface area (Å²) in [5.74, 6) is -2.09. The first kappa shape index (κ1) is 3.02. The molecule has 44 valence electrons. The van der Waals surface area contributed by atoms with Crippen molar-refractivity contribution in [2.24, 2.45) is 0 Å². The Balaban J connectivity index is 4.18. The minimum atomic E-state index is -1.23. The van der Waals surface area contributed by atoms with Crippen LogP contribution in [0.2, 0.25) is 0 Å². The Morgan fingerprint density at radius 3 is 3.00 bits per heavy atom. The van der Waals surface area contributed by atoms with E-state index in [0.29, 0.717) is 0 Å². The van der Waals surface area contributed by atoms with E-state index in [9.17, 15) is 9.59 Å². The largest absolute Gasteiger partial charge is 0.429 e. The SMILES string of the molecule is [2H]C([2H])=C([2H])OC(=O)C(C)=O. The fourth-order valence-electron chi connectivity index (χ4n) is 0.118. The zero-order valence-corrected chi connectivity index (χ0v) is 4.22. The molecule has 0 amide bonds. The van der Waals surface area contributed by atoms with Crippen LogP contribution >= 0.6 is 0 Å².